The summed E-state index contributed by atoms with van der Waals surface area (Å²) in [5, 5.41) is 3.51. The Bertz CT molecular complexity index is 660. The predicted molar refractivity (Wildman–Crippen MR) is 118 cm³/mol. The Balaban J connectivity index is 1.68. The van der Waals surface area contributed by atoms with Crippen molar-refractivity contribution in [3.63, 3.8) is 0 Å². The molecule has 0 spiro atoms. The van der Waals surface area contributed by atoms with Crippen molar-refractivity contribution in [2.75, 3.05) is 73.7 Å². The van der Waals surface area contributed by atoms with Gasteiger partial charge in [-0.2, -0.15) is 0 Å². The van der Waals surface area contributed by atoms with Crippen LogP contribution in [0.5, 0.6) is 5.75 Å². The number of nitrogens with one attached hydrogen (secondary N) is 1. The van der Waals surface area contributed by atoms with Gasteiger partial charge in [0.2, 0.25) is 0 Å². The SMILES string of the molecule is CCNC(=NCC(c1cccc(OC)c1)N(C)C)N1CCC(N2CCOCC2)C1. The van der Waals surface area contributed by atoms with Crippen molar-refractivity contribution in [3.8, 4) is 5.75 Å². The Morgan fingerprint density at radius 2 is 2.10 bits per heavy atom. The molecule has 0 amide bonds. The van der Waals surface area contributed by atoms with Crippen LogP contribution in [0.3, 0.4) is 0 Å². The van der Waals surface area contributed by atoms with E-state index >= 15 is 0 Å². The highest BCUT2D eigenvalue weighted by molar-refractivity contribution is 5.80. The quantitative estimate of drug-likeness (QED) is 0.552. The minimum atomic E-state index is 0.205. The molecule has 2 saturated heterocycles. The molecular weight excluding hydrogens is 366 g/mol. The first-order valence-electron chi connectivity index (χ1n) is 10.8. The lowest BCUT2D eigenvalue weighted by Crippen LogP contribution is -2.46. The zero-order valence-electron chi connectivity index (χ0n) is 18.4. The second kappa shape index (κ2) is 10.8. The number of methoxy groups -OCH3 is 1. The van der Waals surface area contributed by atoms with Crippen LogP contribution in [0.2, 0.25) is 0 Å². The number of likely N-dealkylation sites (tertiary alicyclic amines) is 1. The number of morpholine rings is 1. The number of hydrogen-bond donors (Lipinski definition) is 1. The molecule has 2 aliphatic rings. The van der Waals surface area contributed by atoms with Gasteiger partial charge in [0, 0.05) is 38.8 Å². The molecule has 3 rings (SSSR count). The van der Waals surface area contributed by atoms with Gasteiger partial charge < -0.3 is 24.6 Å². The van der Waals surface area contributed by atoms with Crippen molar-refractivity contribution in [2.45, 2.75) is 25.4 Å². The van der Waals surface area contributed by atoms with Crippen LogP contribution >= 0.6 is 0 Å². The third-order valence-corrected chi connectivity index (χ3v) is 5.88. The molecule has 7 nitrogen and oxygen atoms in total. The fourth-order valence-electron chi connectivity index (χ4n) is 4.19. The number of likely N-dealkylation sites (N-methyl/N-ethyl adjacent to an activating group) is 1. The second-order valence-electron chi connectivity index (χ2n) is 7.99. The van der Waals surface area contributed by atoms with Crippen LogP contribution in [0.1, 0.15) is 24.9 Å². The number of benzene rings is 1. The van der Waals surface area contributed by atoms with Gasteiger partial charge in [-0.05, 0) is 45.1 Å². The maximum atomic E-state index is 5.51. The summed E-state index contributed by atoms with van der Waals surface area (Å²) in [7, 11) is 5.93. The van der Waals surface area contributed by atoms with E-state index in [0.29, 0.717) is 12.6 Å². The predicted octanol–water partition coefficient (Wildman–Crippen LogP) is 1.67. The van der Waals surface area contributed by atoms with E-state index in [1.807, 2.05) is 12.1 Å². The number of ether oxygens (including phenoxy) is 2. The average Bonchev–Trinajstić information content (AvgIpc) is 3.24. The van der Waals surface area contributed by atoms with E-state index in [0.717, 1.165) is 57.6 Å². The van der Waals surface area contributed by atoms with Crippen molar-refractivity contribution in [1.82, 2.24) is 20.0 Å². The van der Waals surface area contributed by atoms with Crippen molar-refractivity contribution >= 4 is 5.96 Å². The number of nitrogens with zero attached hydrogens (tertiary/aromatic N) is 4. The highest BCUT2D eigenvalue weighted by atomic mass is 16.5. The number of hydrogen-bond acceptors (Lipinski definition) is 5. The molecule has 2 unspecified atom stereocenters. The molecule has 0 aliphatic carbocycles. The first-order chi connectivity index (χ1) is 14.1. The molecule has 2 heterocycles. The lowest BCUT2D eigenvalue weighted by Gasteiger charge is -2.32. The minimum absolute atomic E-state index is 0.205. The molecule has 1 N–H and O–H groups in total. The molecule has 0 bridgehead atoms. The van der Waals surface area contributed by atoms with Crippen molar-refractivity contribution in [2.24, 2.45) is 4.99 Å². The molecule has 1 aromatic carbocycles. The van der Waals surface area contributed by atoms with Gasteiger partial charge in [0.15, 0.2) is 5.96 Å². The van der Waals surface area contributed by atoms with E-state index in [-0.39, 0.29) is 6.04 Å². The molecule has 29 heavy (non-hydrogen) atoms. The van der Waals surface area contributed by atoms with Crippen LogP contribution in [0, 0.1) is 0 Å². The van der Waals surface area contributed by atoms with Gasteiger partial charge in [-0.3, -0.25) is 9.89 Å². The topological polar surface area (TPSA) is 52.6 Å². The molecule has 162 valence electrons. The zero-order chi connectivity index (χ0) is 20.6. The number of guanidine groups is 1. The van der Waals surface area contributed by atoms with E-state index in [4.69, 9.17) is 14.5 Å². The van der Waals surface area contributed by atoms with Crippen LogP contribution in [0.25, 0.3) is 0 Å². The normalized spacial score (nSPS) is 22.2. The summed E-state index contributed by atoms with van der Waals surface area (Å²) in [5.74, 6) is 1.91. The fraction of sp³-hybridized carbons (Fsp3) is 0.682. The van der Waals surface area contributed by atoms with E-state index in [1.54, 1.807) is 7.11 Å². The number of rotatable bonds is 7. The summed E-state index contributed by atoms with van der Waals surface area (Å²) in [4.78, 5) is 12.3. The first-order valence-corrected chi connectivity index (χ1v) is 10.8. The smallest absolute Gasteiger partial charge is 0.194 e. The third-order valence-electron chi connectivity index (χ3n) is 5.88. The van der Waals surface area contributed by atoms with Gasteiger partial charge in [-0.15, -0.1) is 0 Å². The molecule has 0 saturated carbocycles. The highest BCUT2D eigenvalue weighted by Crippen LogP contribution is 2.23. The molecule has 0 radical (unpaired) electrons. The van der Waals surface area contributed by atoms with Crippen LogP contribution in [0.4, 0.5) is 0 Å². The highest BCUT2D eigenvalue weighted by Gasteiger charge is 2.30. The standard InChI is InChI=1S/C22H37N5O2/c1-5-23-22(27-10-9-19(17-27)26-11-13-29-14-12-26)24-16-21(25(2)3)18-7-6-8-20(15-18)28-4/h6-8,15,19,21H,5,9-14,16-17H2,1-4H3,(H,23,24). The summed E-state index contributed by atoms with van der Waals surface area (Å²) in [6.45, 7) is 9.62. The van der Waals surface area contributed by atoms with Crippen LogP contribution in [-0.4, -0.2) is 100 Å². The lowest BCUT2D eigenvalue weighted by atomic mass is 10.1. The Morgan fingerprint density at radius 3 is 2.79 bits per heavy atom. The largest absolute Gasteiger partial charge is 0.497 e. The Labute approximate surface area is 175 Å². The summed E-state index contributed by atoms with van der Waals surface area (Å²) in [6.07, 6.45) is 1.19. The van der Waals surface area contributed by atoms with E-state index in [2.05, 4.69) is 53.2 Å². The summed E-state index contributed by atoms with van der Waals surface area (Å²) in [6, 6.07) is 9.10. The van der Waals surface area contributed by atoms with Crippen LogP contribution in [0.15, 0.2) is 29.3 Å². The van der Waals surface area contributed by atoms with Gasteiger partial charge in [-0.25, -0.2) is 0 Å². The maximum absolute atomic E-state index is 5.51. The Morgan fingerprint density at radius 1 is 1.31 bits per heavy atom. The van der Waals surface area contributed by atoms with Crippen LogP contribution in [-0.2, 0) is 4.74 Å². The van der Waals surface area contributed by atoms with E-state index < -0.39 is 0 Å². The van der Waals surface area contributed by atoms with Crippen molar-refractivity contribution in [1.29, 1.82) is 0 Å². The van der Waals surface area contributed by atoms with Gasteiger partial charge in [0.05, 0.1) is 32.9 Å². The molecule has 2 aliphatic heterocycles. The van der Waals surface area contributed by atoms with Crippen LogP contribution < -0.4 is 10.1 Å². The molecule has 2 fully saturated rings. The Kier molecular flexibility index (Phi) is 8.15. The van der Waals surface area contributed by atoms with Crippen molar-refractivity contribution in [3.05, 3.63) is 29.8 Å². The van der Waals surface area contributed by atoms with Gasteiger partial charge in [0.1, 0.15) is 5.75 Å². The molecule has 1 aromatic rings. The summed E-state index contributed by atoms with van der Waals surface area (Å²) >= 11 is 0. The molecule has 7 heteroatoms. The third kappa shape index (κ3) is 5.84. The second-order valence-corrected chi connectivity index (χ2v) is 7.99. The van der Waals surface area contributed by atoms with E-state index in [1.165, 1.54) is 12.0 Å². The fourth-order valence-corrected chi connectivity index (χ4v) is 4.19. The molecule has 2 atom stereocenters. The number of aliphatic imine (C=N–C) groups is 1. The van der Waals surface area contributed by atoms with Crippen molar-refractivity contribution < 1.29 is 9.47 Å². The zero-order valence-corrected chi connectivity index (χ0v) is 18.4. The summed E-state index contributed by atoms with van der Waals surface area (Å²) in [5.41, 5.74) is 1.22. The maximum Gasteiger partial charge on any atom is 0.194 e. The van der Waals surface area contributed by atoms with Gasteiger partial charge in [-0.1, -0.05) is 12.1 Å². The lowest BCUT2D eigenvalue weighted by molar-refractivity contribution is 0.0195. The van der Waals surface area contributed by atoms with Gasteiger partial charge >= 0.3 is 0 Å². The first kappa shape index (κ1) is 21.9. The molecular formula is C22H37N5O2. The monoisotopic (exact) mass is 403 g/mol. The summed E-state index contributed by atoms with van der Waals surface area (Å²) < 4.78 is 10.9. The minimum Gasteiger partial charge on any atom is -0.497 e. The van der Waals surface area contributed by atoms with E-state index in [9.17, 15) is 0 Å². The van der Waals surface area contributed by atoms with Gasteiger partial charge in [0.25, 0.3) is 0 Å². The Hall–Kier alpha value is -1.83. The average molecular weight is 404 g/mol. The molecule has 0 aromatic heterocycles.